The first-order chi connectivity index (χ1) is 16.4. The molecule has 0 bridgehead atoms. The van der Waals surface area contributed by atoms with E-state index < -0.39 is 22.3 Å². The van der Waals surface area contributed by atoms with Gasteiger partial charge in [0.15, 0.2) is 5.75 Å². The minimum atomic E-state index is -0.737. The molecule has 3 heterocycles. The maximum absolute atomic E-state index is 14.3. The minimum absolute atomic E-state index is 0.0346. The summed E-state index contributed by atoms with van der Waals surface area (Å²) in [6.45, 7) is 0. The predicted octanol–water partition coefficient (Wildman–Crippen LogP) is 6.16. The zero-order valence-corrected chi connectivity index (χ0v) is 19.5. The monoisotopic (exact) mass is 495 g/mol. The number of aromatic hydroxyl groups is 1. The van der Waals surface area contributed by atoms with Crippen LogP contribution in [0.4, 0.5) is 4.39 Å². The highest BCUT2D eigenvalue weighted by Crippen LogP contribution is 2.52. The van der Waals surface area contributed by atoms with Crippen LogP contribution in [0.5, 0.6) is 5.75 Å². The Bertz CT molecular complexity index is 1600. The van der Waals surface area contributed by atoms with Crippen LogP contribution in [0.1, 0.15) is 43.4 Å². The van der Waals surface area contributed by atoms with Crippen molar-refractivity contribution < 1.29 is 13.9 Å². The maximum Gasteiger partial charge on any atom is 0.354 e. The zero-order chi connectivity index (χ0) is 23.6. The minimum Gasteiger partial charge on any atom is -0.505 e. The van der Waals surface area contributed by atoms with E-state index in [1.165, 1.54) is 12.1 Å². The van der Waals surface area contributed by atoms with E-state index in [4.69, 9.17) is 16.0 Å². The summed E-state index contributed by atoms with van der Waals surface area (Å²) < 4.78 is 21.4. The van der Waals surface area contributed by atoms with Crippen LogP contribution in [-0.2, 0) is 5.41 Å². The summed E-state index contributed by atoms with van der Waals surface area (Å²) in [5.74, 6) is -0.784. The molecule has 4 aromatic rings. The lowest BCUT2D eigenvalue weighted by molar-refractivity contribution is 0.345. The van der Waals surface area contributed by atoms with E-state index in [1.54, 1.807) is 41.0 Å². The number of pyridine rings is 1. The van der Waals surface area contributed by atoms with Gasteiger partial charge in [0, 0.05) is 27.1 Å². The Kier molecular flexibility index (Phi) is 4.90. The van der Waals surface area contributed by atoms with Crippen molar-refractivity contribution >= 4 is 34.3 Å². The number of aromatic nitrogens is 1. The van der Waals surface area contributed by atoms with Crippen molar-refractivity contribution in [3.8, 4) is 11.4 Å². The lowest BCUT2D eigenvalue weighted by Gasteiger charge is -2.34. The normalized spacial score (nSPS) is 16.1. The summed E-state index contributed by atoms with van der Waals surface area (Å²) in [5, 5.41) is 11.5. The molecule has 1 fully saturated rings. The molecule has 2 aliphatic rings. The number of hydrogen-bond donors (Lipinski definition) is 1. The number of halogens is 2. The molecule has 2 aromatic carbocycles. The average molecular weight is 496 g/mol. The van der Waals surface area contributed by atoms with Gasteiger partial charge in [0.2, 0.25) is 0 Å². The molecule has 0 atom stereocenters. The molecular weight excluding hydrogens is 477 g/mol. The fourth-order valence-corrected chi connectivity index (χ4v) is 6.62. The molecule has 1 N–H and O–H groups in total. The number of nitrogens with zero attached hydrogens (tertiary/aromatic N) is 1. The number of hydrogen-bond acceptors (Lipinski definition) is 5. The second kappa shape index (κ2) is 7.75. The van der Waals surface area contributed by atoms with Crippen LogP contribution in [0.3, 0.4) is 0 Å². The van der Waals surface area contributed by atoms with Gasteiger partial charge in [-0.15, -0.1) is 0 Å². The fourth-order valence-electron chi connectivity index (χ4n) is 5.48. The van der Waals surface area contributed by atoms with E-state index in [-0.39, 0.29) is 21.7 Å². The SMILES string of the molecule is O=c1oc2cc3n(c(=O)c2c(O)c1Sc1cccc(Cl)c1)-c1ccc(F)cc1C31CCCCC1. The predicted molar refractivity (Wildman–Crippen MR) is 129 cm³/mol. The molecule has 1 saturated carbocycles. The highest BCUT2D eigenvalue weighted by atomic mass is 35.5. The van der Waals surface area contributed by atoms with Crippen LogP contribution in [0.25, 0.3) is 16.7 Å². The molecule has 1 aliphatic heterocycles. The molecule has 1 spiro atoms. The van der Waals surface area contributed by atoms with Crippen LogP contribution in [0, 0.1) is 5.82 Å². The molecule has 34 heavy (non-hydrogen) atoms. The zero-order valence-electron chi connectivity index (χ0n) is 17.9. The van der Waals surface area contributed by atoms with Crippen molar-refractivity contribution in [3.05, 3.63) is 91.4 Å². The molecule has 0 saturated heterocycles. The first-order valence-corrected chi connectivity index (χ1v) is 12.3. The largest absolute Gasteiger partial charge is 0.505 e. The molecular formula is C26H19ClFNO4S. The van der Waals surface area contributed by atoms with Crippen LogP contribution < -0.4 is 11.2 Å². The molecule has 0 unspecified atom stereocenters. The van der Waals surface area contributed by atoms with E-state index >= 15 is 0 Å². The van der Waals surface area contributed by atoms with Crippen molar-refractivity contribution in [1.29, 1.82) is 0 Å². The summed E-state index contributed by atoms with van der Waals surface area (Å²) in [6, 6.07) is 13.0. The van der Waals surface area contributed by atoms with Gasteiger partial charge in [-0.3, -0.25) is 9.36 Å². The average Bonchev–Trinajstić information content (AvgIpc) is 3.06. The van der Waals surface area contributed by atoms with Gasteiger partial charge in [-0.1, -0.05) is 48.7 Å². The first kappa shape index (κ1) is 21.5. The molecule has 2 aromatic heterocycles. The maximum atomic E-state index is 14.3. The standard InChI is InChI=1S/C26H19ClFNO4S/c27-14-5-4-6-16(11-14)34-23-22(30)21-19(33-25(23)32)13-20-26(9-2-1-3-10-26)17-12-15(28)7-8-18(17)29(20)24(21)31/h4-8,11-13,30H,1-3,9-10H2. The first-order valence-electron chi connectivity index (χ1n) is 11.1. The Labute approximate surface area is 202 Å². The number of rotatable bonds is 2. The third-order valence-corrected chi connectivity index (χ3v) is 8.23. The molecule has 0 radical (unpaired) electrons. The highest BCUT2D eigenvalue weighted by Gasteiger charge is 2.45. The quantitative estimate of drug-likeness (QED) is 0.360. The summed E-state index contributed by atoms with van der Waals surface area (Å²) in [5.41, 5.74) is 0.353. The van der Waals surface area contributed by atoms with Crippen molar-refractivity contribution in [2.24, 2.45) is 0 Å². The highest BCUT2D eigenvalue weighted by molar-refractivity contribution is 7.99. The third-order valence-electron chi connectivity index (χ3n) is 6.94. The summed E-state index contributed by atoms with van der Waals surface area (Å²) >= 11 is 7.03. The molecule has 1 aliphatic carbocycles. The lowest BCUT2D eigenvalue weighted by atomic mass is 9.68. The van der Waals surface area contributed by atoms with E-state index in [1.807, 2.05) is 0 Å². The Morgan fingerprint density at radius 1 is 1.06 bits per heavy atom. The Morgan fingerprint density at radius 2 is 1.85 bits per heavy atom. The van der Waals surface area contributed by atoms with Gasteiger partial charge in [0.25, 0.3) is 5.56 Å². The van der Waals surface area contributed by atoms with Crippen molar-refractivity contribution in [2.45, 2.75) is 47.3 Å². The molecule has 5 nitrogen and oxygen atoms in total. The van der Waals surface area contributed by atoms with Crippen LogP contribution in [0.2, 0.25) is 5.02 Å². The Morgan fingerprint density at radius 3 is 2.62 bits per heavy atom. The van der Waals surface area contributed by atoms with Gasteiger partial charge in [-0.05, 0) is 54.8 Å². The van der Waals surface area contributed by atoms with Gasteiger partial charge in [0.05, 0.1) is 5.69 Å². The topological polar surface area (TPSA) is 72.4 Å². The van der Waals surface area contributed by atoms with Crippen molar-refractivity contribution in [2.75, 3.05) is 0 Å². The molecule has 172 valence electrons. The van der Waals surface area contributed by atoms with Crippen molar-refractivity contribution in [3.63, 3.8) is 0 Å². The molecule has 6 rings (SSSR count). The van der Waals surface area contributed by atoms with Crippen LogP contribution in [-0.4, -0.2) is 9.67 Å². The van der Waals surface area contributed by atoms with Gasteiger partial charge in [0.1, 0.15) is 21.7 Å². The Balaban J connectivity index is 1.63. The van der Waals surface area contributed by atoms with E-state index in [0.29, 0.717) is 21.3 Å². The van der Waals surface area contributed by atoms with Gasteiger partial charge < -0.3 is 9.52 Å². The number of fused-ring (bicyclic) bond motifs is 6. The van der Waals surface area contributed by atoms with E-state index in [0.717, 1.165) is 49.4 Å². The lowest BCUT2D eigenvalue weighted by Crippen LogP contribution is -2.31. The second-order valence-electron chi connectivity index (χ2n) is 8.84. The molecule has 8 heteroatoms. The van der Waals surface area contributed by atoms with Crippen LogP contribution in [0.15, 0.2) is 72.3 Å². The van der Waals surface area contributed by atoms with Gasteiger partial charge in [-0.2, -0.15) is 0 Å². The second-order valence-corrected chi connectivity index (χ2v) is 10.4. The summed E-state index contributed by atoms with van der Waals surface area (Å²) in [6.07, 6.45) is 4.52. The van der Waals surface area contributed by atoms with Crippen LogP contribution >= 0.6 is 23.4 Å². The van der Waals surface area contributed by atoms with Gasteiger partial charge in [-0.25, -0.2) is 9.18 Å². The molecule has 0 amide bonds. The van der Waals surface area contributed by atoms with Gasteiger partial charge >= 0.3 is 5.63 Å². The number of benzene rings is 2. The van der Waals surface area contributed by atoms with Crippen molar-refractivity contribution in [1.82, 2.24) is 4.57 Å². The van der Waals surface area contributed by atoms with E-state index in [9.17, 15) is 19.1 Å². The third kappa shape index (κ3) is 3.07. The summed E-state index contributed by atoms with van der Waals surface area (Å²) in [7, 11) is 0. The van der Waals surface area contributed by atoms with E-state index in [2.05, 4.69) is 0 Å². The fraction of sp³-hybridized carbons (Fsp3) is 0.231. The smallest absolute Gasteiger partial charge is 0.354 e. The summed E-state index contributed by atoms with van der Waals surface area (Å²) in [4.78, 5) is 27.2. The Hall–Kier alpha value is -3.03.